The van der Waals surface area contributed by atoms with Crippen LogP contribution >= 0.6 is 0 Å². The minimum atomic E-state index is -0.218. The van der Waals surface area contributed by atoms with Gasteiger partial charge >= 0.3 is 0 Å². The van der Waals surface area contributed by atoms with Gasteiger partial charge in [0.1, 0.15) is 0 Å². The van der Waals surface area contributed by atoms with Gasteiger partial charge in [0.05, 0.1) is 14.2 Å². The smallest absolute Gasteiger partial charge is 0.202 e. The van der Waals surface area contributed by atoms with E-state index in [0.29, 0.717) is 0 Å². The van der Waals surface area contributed by atoms with Crippen LogP contribution in [-0.4, -0.2) is 34.6 Å². The molecule has 0 aliphatic rings. The van der Waals surface area contributed by atoms with Crippen molar-refractivity contribution in [3.05, 3.63) is 36.4 Å². The van der Waals surface area contributed by atoms with Gasteiger partial charge in [0.2, 0.25) is 5.75 Å². The molecule has 0 aliphatic heterocycles. The van der Waals surface area contributed by atoms with E-state index in [0.717, 1.165) is 0 Å². The van der Waals surface area contributed by atoms with Crippen LogP contribution in [0.2, 0.25) is 0 Å². The summed E-state index contributed by atoms with van der Waals surface area (Å²) in [5.41, 5.74) is 0. The van der Waals surface area contributed by atoms with Crippen LogP contribution in [0.5, 0.6) is 34.5 Å². The third kappa shape index (κ3) is 3.61. The summed E-state index contributed by atoms with van der Waals surface area (Å²) in [5, 5.41) is 35.9. The molecule has 0 amide bonds. The topological polar surface area (TPSA) is 99.4 Å². The standard InChI is InChI=1S/2C7H8O3/c1-10-6-4-2-3-5(8)7(6)9;1-10-7-5(8)3-2-4-6(7)9/h2*2-4,8-9H,1H3. The van der Waals surface area contributed by atoms with Gasteiger partial charge in [-0.05, 0) is 24.3 Å². The lowest BCUT2D eigenvalue weighted by molar-refractivity contribution is 0.344. The van der Waals surface area contributed by atoms with Crippen molar-refractivity contribution in [2.75, 3.05) is 14.2 Å². The van der Waals surface area contributed by atoms with Crippen molar-refractivity contribution in [3.63, 3.8) is 0 Å². The summed E-state index contributed by atoms with van der Waals surface area (Å²) in [4.78, 5) is 0. The Morgan fingerprint density at radius 2 is 1.20 bits per heavy atom. The van der Waals surface area contributed by atoms with Crippen molar-refractivity contribution < 1.29 is 29.9 Å². The van der Waals surface area contributed by atoms with Crippen LogP contribution in [0.1, 0.15) is 0 Å². The van der Waals surface area contributed by atoms with Gasteiger partial charge in [0.25, 0.3) is 0 Å². The van der Waals surface area contributed by atoms with Crippen molar-refractivity contribution >= 4 is 0 Å². The Labute approximate surface area is 116 Å². The zero-order valence-electron chi connectivity index (χ0n) is 11.1. The molecule has 2 aromatic carbocycles. The third-order valence-electron chi connectivity index (χ3n) is 2.38. The van der Waals surface area contributed by atoms with E-state index in [9.17, 15) is 0 Å². The summed E-state index contributed by atoms with van der Waals surface area (Å²) in [7, 11) is 2.81. The number of hydrogen-bond donors (Lipinski definition) is 4. The predicted molar refractivity (Wildman–Crippen MR) is 72.6 cm³/mol. The van der Waals surface area contributed by atoms with Crippen LogP contribution in [0.15, 0.2) is 36.4 Å². The molecular formula is C14H16O6. The van der Waals surface area contributed by atoms with Crippen molar-refractivity contribution in [1.29, 1.82) is 0 Å². The molecule has 6 heteroatoms. The summed E-state index contributed by atoms with van der Waals surface area (Å²) in [6, 6.07) is 8.96. The molecular weight excluding hydrogens is 264 g/mol. The number of ether oxygens (including phenoxy) is 2. The van der Waals surface area contributed by atoms with Crippen molar-refractivity contribution in [2.45, 2.75) is 0 Å². The molecule has 0 heterocycles. The maximum absolute atomic E-state index is 9.02. The molecule has 0 spiro atoms. The zero-order valence-corrected chi connectivity index (χ0v) is 11.1. The van der Waals surface area contributed by atoms with Gasteiger partial charge in [0, 0.05) is 0 Å². The van der Waals surface area contributed by atoms with E-state index in [4.69, 9.17) is 25.2 Å². The molecule has 0 atom stereocenters. The predicted octanol–water partition coefficient (Wildman–Crippen LogP) is 2.21. The van der Waals surface area contributed by atoms with Crippen molar-refractivity contribution in [3.8, 4) is 34.5 Å². The summed E-state index contributed by atoms with van der Waals surface area (Å²) in [6.07, 6.45) is 0. The van der Waals surface area contributed by atoms with Crippen LogP contribution in [0.4, 0.5) is 0 Å². The Kier molecular flexibility index (Phi) is 5.34. The first kappa shape index (κ1) is 15.3. The Balaban J connectivity index is 0.000000200. The monoisotopic (exact) mass is 280 g/mol. The van der Waals surface area contributed by atoms with E-state index in [-0.39, 0.29) is 34.5 Å². The van der Waals surface area contributed by atoms with Crippen LogP contribution < -0.4 is 9.47 Å². The lowest BCUT2D eigenvalue weighted by Gasteiger charge is -2.03. The largest absolute Gasteiger partial charge is 0.504 e. The Morgan fingerprint density at radius 3 is 1.60 bits per heavy atom. The number of para-hydroxylation sites is 2. The van der Waals surface area contributed by atoms with E-state index in [1.54, 1.807) is 12.1 Å². The number of aromatic hydroxyl groups is 4. The molecule has 0 radical (unpaired) electrons. The molecule has 0 bridgehead atoms. The molecule has 0 aromatic heterocycles. The zero-order chi connectivity index (χ0) is 15.1. The third-order valence-corrected chi connectivity index (χ3v) is 2.38. The fraction of sp³-hybridized carbons (Fsp3) is 0.143. The van der Waals surface area contributed by atoms with Crippen LogP contribution in [0.3, 0.4) is 0 Å². The molecule has 4 N–H and O–H groups in total. The highest BCUT2D eigenvalue weighted by molar-refractivity contribution is 5.49. The van der Waals surface area contributed by atoms with Crippen LogP contribution in [-0.2, 0) is 0 Å². The van der Waals surface area contributed by atoms with E-state index in [1.165, 1.54) is 38.5 Å². The first-order chi connectivity index (χ1) is 9.51. The Hall–Kier alpha value is -2.76. The fourth-order valence-electron chi connectivity index (χ4n) is 1.40. The quantitative estimate of drug-likeness (QED) is 0.629. The number of hydrogen-bond acceptors (Lipinski definition) is 6. The maximum atomic E-state index is 9.02. The maximum Gasteiger partial charge on any atom is 0.202 e. The van der Waals surface area contributed by atoms with E-state index in [1.807, 2.05) is 0 Å². The van der Waals surface area contributed by atoms with Gasteiger partial charge < -0.3 is 29.9 Å². The van der Waals surface area contributed by atoms with Crippen LogP contribution in [0, 0.1) is 0 Å². The van der Waals surface area contributed by atoms with E-state index < -0.39 is 0 Å². The second kappa shape index (κ2) is 6.98. The summed E-state index contributed by atoms with van der Waals surface area (Å²) in [5.74, 6) is -0.100. The highest BCUT2D eigenvalue weighted by Gasteiger charge is 2.04. The molecule has 6 nitrogen and oxygen atoms in total. The second-order valence-electron chi connectivity index (χ2n) is 3.66. The minimum Gasteiger partial charge on any atom is -0.504 e. The molecule has 2 aromatic rings. The molecule has 0 unspecified atom stereocenters. The van der Waals surface area contributed by atoms with Gasteiger partial charge in [-0.1, -0.05) is 12.1 Å². The lowest BCUT2D eigenvalue weighted by atomic mass is 10.3. The van der Waals surface area contributed by atoms with Crippen LogP contribution in [0.25, 0.3) is 0 Å². The number of benzene rings is 2. The van der Waals surface area contributed by atoms with Crippen molar-refractivity contribution in [2.24, 2.45) is 0 Å². The first-order valence-corrected chi connectivity index (χ1v) is 5.61. The highest BCUT2D eigenvalue weighted by Crippen LogP contribution is 2.34. The molecule has 20 heavy (non-hydrogen) atoms. The SMILES string of the molecule is COc1c(O)cccc1O.COc1cccc(O)c1O. The number of phenols is 4. The summed E-state index contributed by atoms with van der Waals surface area (Å²) in [6.45, 7) is 0. The highest BCUT2D eigenvalue weighted by atomic mass is 16.5. The Bertz CT molecular complexity index is 547. The second-order valence-corrected chi connectivity index (χ2v) is 3.66. The van der Waals surface area contributed by atoms with E-state index in [2.05, 4.69) is 4.74 Å². The lowest BCUT2D eigenvalue weighted by Crippen LogP contribution is -1.82. The molecule has 108 valence electrons. The molecule has 0 saturated heterocycles. The average Bonchev–Trinajstić information content (AvgIpc) is 2.43. The minimum absolute atomic E-state index is 0.0532. The van der Waals surface area contributed by atoms with Gasteiger partial charge in [-0.3, -0.25) is 0 Å². The number of phenolic OH excluding ortho intramolecular Hbond substituents is 4. The van der Waals surface area contributed by atoms with Crippen molar-refractivity contribution in [1.82, 2.24) is 0 Å². The van der Waals surface area contributed by atoms with Gasteiger partial charge in [-0.25, -0.2) is 0 Å². The normalized spacial score (nSPS) is 9.30. The molecule has 2 rings (SSSR count). The summed E-state index contributed by atoms with van der Waals surface area (Å²) < 4.78 is 9.39. The van der Waals surface area contributed by atoms with Gasteiger partial charge in [0.15, 0.2) is 28.7 Å². The van der Waals surface area contributed by atoms with Gasteiger partial charge in [-0.2, -0.15) is 0 Å². The molecule has 0 aliphatic carbocycles. The average molecular weight is 280 g/mol. The van der Waals surface area contributed by atoms with Gasteiger partial charge in [-0.15, -0.1) is 0 Å². The molecule has 0 fully saturated rings. The first-order valence-electron chi connectivity index (χ1n) is 5.61. The molecule has 0 saturated carbocycles. The Morgan fingerprint density at radius 1 is 0.700 bits per heavy atom. The number of rotatable bonds is 2. The number of methoxy groups -OCH3 is 2. The summed E-state index contributed by atoms with van der Waals surface area (Å²) >= 11 is 0. The van der Waals surface area contributed by atoms with E-state index >= 15 is 0 Å². The fourth-order valence-corrected chi connectivity index (χ4v) is 1.40.